The Labute approximate surface area is 147 Å². The molecule has 2 rings (SSSR count). The Hall–Kier alpha value is -2.91. The second-order valence-electron chi connectivity index (χ2n) is 4.73. The van der Waals surface area contributed by atoms with Crippen molar-refractivity contribution in [2.24, 2.45) is 0 Å². The molecule has 0 aromatic heterocycles. The summed E-state index contributed by atoms with van der Waals surface area (Å²) in [5, 5.41) is 11.3. The summed E-state index contributed by atoms with van der Waals surface area (Å²) < 4.78 is 5.77. The van der Waals surface area contributed by atoms with Crippen molar-refractivity contribution >= 4 is 39.6 Å². The number of carbonyl (C=O) groups excluding carboxylic acids is 2. The van der Waals surface area contributed by atoms with Crippen LogP contribution < -0.4 is 5.32 Å². The lowest BCUT2D eigenvalue weighted by Gasteiger charge is -2.05. The fourth-order valence-electron chi connectivity index (χ4n) is 1.78. The van der Waals surface area contributed by atoms with Gasteiger partial charge in [0.1, 0.15) is 0 Å². The average molecular weight is 385 g/mol. The minimum atomic E-state index is -0.607. The molecule has 2 aromatic rings. The van der Waals surface area contributed by atoms with Crippen molar-refractivity contribution in [3.63, 3.8) is 0 Å². The number of nitriles is 1. The normalized spacial score (nSPS) is 10.2. The molecule has 5 nitrogen and oxygen atoms in total. The highest BCUT2D eigenvalue weighted by molar-refractivity contribution is 9.10. The maximum absolute atomic E-state index is 11.7. The van der Waals surface area contributed by atoms with Gasteiger partial charge in [0.15, 0.2) is 6.61 Å². The lowest BCUT2D eigenvalue weighted by molar-refractivity contribution is -0.142. The zero-order chi connectivity index (χ0) is 17.4. The Bertz CT molecular complexity index is 808. The number of rotatable bonds is 5. The molecule has 0 aliphatic heterocycles. The Morgan fingerprint density at radius 1 is 1.21 bits per heavy atom. The van der Waals surface area contributed by atoms with Crippen LogP contribution in [0.1, 0.15) is 11.1 Å². The number of ether oxygens (including phenoxy) is 1. The summed E-state index contributed by atoms with van der Waals surface area (Å²) in [5.74, 6) is -1.06. The number of benzene rings is 2. The van der Waals surface area contributed by atoms with Crippen LogP contribution in [-0.2, 0) is 14.3 Å². The fourth-order valence-corrected chi connectivity index (χ4v) is 2.20. The van der Waals surface area contributed by atoms with E-state index in [0.29, 0.717) is 11.3 Å². The summed E-state index contributed by atoms with van der Waals surface area (Å²) in [6, 6.07) is 15.8. The van der Waals surface area contributed by atoms with Crippen molar-refractivity contribution < 1.29 is 14.3 Å². The number of halogens is 1. The van der Waals surface area contributed by atoms with E-state index in [1.165, 1.54) is 6.08 Å². The highest BCUT2D eigenvalue weighted by Gasteiger charge is 2.05. The van der Waals surface area contributed by atoms with E-state index in [2.05, 4.69) is 21.2 Å². The zero-order valence-corrected chi connectivity index (χ0v) is 14.1. The van der Waals surface area contributed by atoms with Crippen LogP contribution >= 0.6 is 15.9 Å². The second kappa shape index (κ2) is 8.65. The first-order chi connectivity index (χ1) is 11.6. The smallest absolute Gasteiger partial charge is 0.331 e. The highest BCUT2D eigenvalue weighted by Crippen LogP contribution is 2.12. The summed E-state index contributed by atoms with van der Waals surface area (Å²) in [4.78, 5) is 23.3. The van der Waals surface area contributed by atoms with Crippen LogP contribution in [-0.4, -0.2) is 18.5 Å². The molecule has 0 unspecified atom stereocenters. The van der Waals surface area contributed by atoms with E-state index in [1.807, 2.05) is 30.3 Å². The third-order valence-corrected chi connectivity index (χ3v) is 3.40. The summed E-state index contributed by atoms with van der Waals surface area (Å²) in [5.41, 5.74) is 1.86. The Kier molecular flexibility index (Phi) is 6.29. The summed E-state index contributed by atoms with van der Waals surface area (Å²) in [6.07, 6.45) is 2.86. The largest absolute Gasteiger partial charge is 0.452 e. The maximum Gasteiger partial charge on any atom is 0.331 e. The molecular weight excluding hydrogens is 372 g/mol. The lowest BCUT2D eigenvalue weighted by Crippen LogP contribution is -2.20. The molecule has 6 heteroatoms. The first-order valence-electron chi connectivity index (χ1n) is 6.97. The van der Waals surface area contributed by atoms with Crippen molar-refractivity contribution in [1.82, 2.24) is 0 Å². The molecule has 1 amide bonds. The molecule has 24 heavy (non-hydrogen) atoms. The van der Waals surface area contributed by atoms with Gasteiger partial charge in [-0.1, -0.05) is 28.1 Å². The van der Waals surface area contributed by atoms with Crippen molar-refractivity contribution in [3.8, 4) is 6.07 Å². The van der Waals surface area contributed by atoms with Gasteiger partial charge in [-0.25, -0.2) is 4.79 Å². The van der Waals surface area contributed by atoms with Gasteiger partial charge in [-0.15, -0.1) is 0 Å². The quantitative estimate of drug-likeness (QED) is 0.631. The predicted octanol–water partition coefficient (Wildman–Crippen LogP) is 3.52. The molecule has 0 atom stereocenters. The van der Waals surface area contributed by atoms with Gasteiger partial charge in [-0.05, 0) is 48.0 Å². The van der Waals surface area contributed by atoms with Gasteiger partial charge in [0.2, 0.25) is 0 Å². The van der Waals surface area contributed by atoms with E-state index >= 15 is 0 Å². The minimum Gasteiger partial charge on any atom is -0.452 e. The Morgan fingerprint density at radius 2 is 1.96 bits per heavy atom. The van der Waals surface area contributed by atoms with E-state index in [9.17, 15) is 9.59 Å². The van der Waals surface area contributed by atoms with E-state index in [0.717, 1.165) is 10.0 Å². The third-order valence-electron chi connectivity index (χ3n) is 2.90. The van der Waals surface area contributed by atoms with Crippen LogP contribution in [0, 0.1) is 11.3 Å². The minimum absolute atomic E-state index is 0.387. The van der Waals surface area contributed by atoms with Gasteiger partial charge in [0.25, 0.3) is 5.91 Å². The summed E-state index contributed by atoms with van der Waals surface area (Å²) in [6.45, 7) is -0.387. The maximum atomic E-state index is 11.7. The fraction of sp³-hybridized carbons (Fsp3) is 0.0556. The third kappa shape index (κ3) is 5.71. The number of nitrogens with zero attached hydrogens (tertiary/aromatic N) is 1. The van der Waals surface area contributed by atoms with Gasteiger partial charge >= 0.3 is 5.97 Å². The van der Waals surface area contributed by atoms with Crippen molar-refractivity contribution in [2.75, 3.05) is 11.9 Å². The Balaban J connectivity index is 1.80. The number of nitrogens with one attached hydrogen (secondary N) is 1. The average Bonchev–Trinajstić information content (AvgIpc) is 2.59. The topological polar surface area (TPSA) is 79.2 Å². The number of hydrogen-bond acceptors (Lipinski definition) is 4. The molecular formula is C18H13BrN2O3. The van der Waals surface area contributed by atoms with Crippen molar-refractivity contribution in [2.45, 2.75) is 0 Å². The first-order valence-corrected chi connectivity index (χ1v) is 7.76. The lowest BCUT2D eigenvalue weighted by atomic mass is 10.2. The van der Waals surface area contributed by atoms with Crippen LogP contribution in [0.5, 0.6) is 0 Å². The molecule has 0 heterocycles. The molecule has 0 aliphatic carbocycles. The standard InChI is InChI=1S/C18H13BrN2O3/c19-15-3-1-2-13(10-15)6-9-18(23)24-12-17(22)21-16-7-4-14(11-20)5-8-16/h1-10H,12H2,(H,21,22)/b9-6+. The van der Waals surface area contributed by atoms with E-state index in [4.69, 9.17) is 10.00 Å². The van der Waals surface area contributed by atoms with Crippen LogP contribution in [0.3, 0.4) is 0 Å². The van der Waals surface area contributed by atoms with E-state index < -0.39 is 11.9 Å². The highest BCUT2D eigenvalue weighted by atomic mass is 79.9. The van der Waals surface area contributed by atoms with Gasteiger partial charge in [0.05, 0.1) is 11.6 Å². The van der Waals surface area contributed by atoms with Crippen molar-refractivity contribution in [3.05, 3.63) is 70.2 Å². The molecule has 1 N–H and O–H groups in total. The number of amides is 1. The molecule has 0 fully saturated rings. The number of esters is 1. The van der Waals surface area contributed by atoms with Gasteiger partial charge in [-0.3, -0.25) is 4.79 Å². The first kappa shape index (κ1) is 17.4. The number of hydrogen-bond donors (Lipinski definition) is 1. The van der Waals surface area contributed by atoms with Crippen LogP contribution in [0.2, 0.25) is 0 Å². The van der Waals surface area contributed by atoms with E-state index in [-0.39, 0.29) is 6.61 Å². The molecule has 0 saturated carbocycles. The van der Waals surface area contributed by atoms with Gasteiger partial charge in [0, 0.05) is 16.2 Å². The van der Waals surface area contributed by atoms with Crippen LogP contribution in [0.4, 0.5) is 5.69 Å². The monoisotopic (exact) mass is 384 g/mol. The molecule has 0 aliphatic rings. The van der Waals surface area contributed by atoms with Crippen LogP contribution in [0.25, 0.3) is 6.08 Å². The summed E-state index contributed by atoms with van der Waals surface area (Å²) in [7, 11) is 0. The Morgan fingerprint density at radius 3 is 2.62 bits per heavy atom. The molecule has 0 bridgehead atoms. The number of anilines is 1. The second-order valence-corrected chi connectivity index (χ2v) is 5.65. The molecule has 0 saturated heterocycles. The van der Waals surface area contributed by atoms with Gasteiger partial charge < -0.3 is 10.1 Å². The van der Waals surface area contributed by atoms with Crippen LogP contribution in [0.15, 0.2) is 59.1 Å². The van der Waals surface area contributed by atoms with Crippen molar-refractivity contribution in [1.29, 1.82) is 5.26 Å². The molecule has 2 aromatic carbocycles. The number of carbonyl (C=O) groups is 2. The SMILES string of the molecule is N#Cc1ccc(NC(=O)COC(=O)/C=C/c2cccc(Br)c2)cc1. The molecule has 0 spiro atoms. The molecule has 0 radical (unpaired) electrons. The summed E-state index contributed by atoms with van der Waals surface area (Å²) >= 11 is 3.34. The molecule has 120 valence electrons. The zero-order valence-electron chi connectivity index (χ0n) is 12.5. The predicted molar refractivity (Wildman–Crippen MR) is 93.9 cm³/mol. The van der Waals surface area contributed by atoms with E-state index in [1.54, 1.807) is 30.3 Å². The van der Waals surface area contributed by atoms with Gasteiger partial charge in [-0.2, -0.15) is 5.26 Å².